The van der Waals surface area contributed by atoms with Gasteiger partial charge in [-0.2, -0.15) is 5.10 Å². The van der Waals surface area contributed by atoms with Crippen molar-refractivity contribution < 1.29 is 19.4 Å². The molecule has 0 bridgehead atoms. The quantitative estimate of drug-likeness (QED) is 0.641. The lowest BCUT2D eigenvalue weighted by atomic mass is 10.2. The highest BCUT2D eigenvalue weighted by atomic mass is 16.4. The van der Waals surface area contributed by atoms with Crippen LogP contribution in [0.5, 0.6) is 5.75 Å². The molecule has 18 heavy (non-hydrogen) atoms. The van der Waals surface area contributed by atoms with Crippen LogP contribution in [0, 0.1) is 0 Å². The first-order chi connectivity index (χ1) is 8.65. The summed E-state index contributed by atoms with van der Waals surface area (Å²) < 4.78 is 5.46. The first-order valence-corrected chi connectivity index (χ1v) is 5.16. The number of carbonyl (C=O) groups is 1. The molecule has 0 aliphatic heterocycles. The summed E-state index contributed by atoms with van der Waals surface area (Å²) in [6.45, 7) is 0. The van der Waals surface area contributed by atoms with E-state index in [-0.39, 0.29) is 11.4 Å². The molecule has 2 aromatic heterocycles. The van der Waals surface area contributed by atoms with E-state index >= 15 is 0 Å². The fraction of sp³-hybridized carbons (Fsp3) is 0. The monoisotopic (exact) mass is 244 g/mol. The molecule has 0 fully saturated rings. The second-order valence-electron chi connectivity index (χ2n) is 3.78. The number of aromatic amines is 1. The standard InChI is InChI=1S/C12H8N2O4/c15-9-3-1-2-6-4-10(18-11(6)9)7-5-8(12(16)17)14-13-7/h1-5,15H,(H,13,14)(H,16,17). The van der Waals surface area contributed by atoms with E-state index in [0.717, 1.165) is 5.39 Å². The molecule has 3 N–H and O–H groups in total. The molecule has 3 aromatic rings. The van der Waals surface area contributed by atoms with Crippen molar-refractivity contribution in [3.63, 3.8) is 0 Å². The van der Waals surface area contributed by atoms with Gasteiger partial charge in [-0.3, -0.25) is 5.10 Å². The molecule has 2 heterocycles. The Hall–Kier alpha value is -2.76. The minimum Gasteiger partial charge on any atom is -0.504 e. The Morgan fingerprint density at radius 2 is 2.17 bits per heavy atom. The van der Waals surface area contributed by atoms with Crippen LogP contribution in [0.25, 0.3) is 22.4 Å². The number of aromatic carboxylic acids is 1. The number of rotatable bonds is 2. The van der Waals surface area contributed by atoms with Gasteiger partial charge < -0.3 is 14.6 Å². The van der Waals surface area contributed by atoms with Gasteiger partial charge >= 0.3 is 5.97 Å². The predicted molar refractivity (Wildman–Crippen MR) is 62.4 cm³/mol. The van der Waals surface area contributed by atoms with Gasteiger partial charge in [-0.25, -0.2) is 4.79 Å². The minimum absolute atomic E-state index is 0.0386. The van der Waals surface area contributed by atoms with Crippen molar-refractivity contribution in [2.45, 2.75) is 0 Å². The molecular formula is C12H8N2O4. The van der Waals surface area contributed by atoms with E-state index in [1.165, 1.54) is 12.1 Å². The van der Waals surface area contributed by atoms with Gasteiger partial charge in [0.15, 0.2) is 22.8 Å². The summed E-state index contributed by atoms with van der Waals surface area (Å²) in [4.78, 5) is 10.7. The molecule has 6 heteroatoms. The summed E-state index contributed by atoms with van der Waals surface area (Å²) in [5, 5.41) is 25.3. The molecule has 1 aromatic carbocycles. The zero-order valence-corrected chi connectivity index (χ0v) is 9.04. The Kier molecular flexibility index (Phi) is 2.09. The van der Waals surface area contributed by atoms with E-state index < -0.39 is 5.97 Å². The van der Waals surface area contributed by atoms with E-state index in [4.69, 9.17) is 9.52 Å². The number of phenols is 1. The number of benzene rings is 1. The summed E-state index contributed by atoms with van der Waals surface area (Å²) in [5.41, 5.74) is 0.719. The maximum Gasteiger partial charge on any atom is 0.356 e. The van der Waals surface area contributed by atoms with Gasteiger partial charge in [-0.05, 0) is 12.1 Å². The summed E-state index contributed by atoms with van der Waals surface area (Å²) in [6.07, 6.45) is 0. The van der Waals surface area contributed by atoms with Crippen molar-refractivity contribution in [2.75, 3.05) is 0 Å². The van der Waals surface area contributed by atoms with E-state index in [0.29, 0.717) is 17.0 Å². The smallest absolute Gasteiger partial charge is 0.356 e. The molecule has 0 unspecified atom stereocenters. The minimum atomic E-state index is -1.11. The Bertz CT molecular complexity index is 741. The number of H-pyrrole nitrogens is 1. The highest BCUT2D eigenvalue weighted by molar-refractivity contribution is 5.89. The number of carboxylic acids is 1. The van der Waals surface area contributed by atoms with Crippen molar-refractivity contribution in [3.8, 4) is 17.2 Å². The van der Waals surface area contributed by atoms with E-state index in [1.807, 2.05) is 0 Å². The van der Waals surface area contributed by atoms with Gasteiger partial charge in [0, 0.05) is 11.5 Å². The average Bonchev–Trinajstić information content (AvgIpc) is 2.95. The lowest BCUT2D eigenvalue weighted by Crippen LogP contribution is -1.95. The topological polar surface area (TPSA) is 99.4 Å². The summed E-state index contributed by atoms with van der Waals surface area (Å²) in [7, 11) is 0. The van der Waals surface area contributed by atoms with Crippen LogP contribution in [-0.2, 0) is 0 Å². The third-order valence-corrected chi connectivity index (χ3v) is 2.59. The van der Waals surface area contributed by atoms with Gasteiger partial charge in [0.25, 0.3) is 0 Å². The Labute approximate surface area is 100 Å². The molecule has 0 radical (unpaired) electrons. The molecular weight excluding hydrogens is 236 g/mol. The van der Waals surface area contributed by atoms with Crippen LogP contribution in [0.4, 0.5) is 0 Å². The Balaban J connectivity index is 2.13. The van der Waals surface area contributed by atoms with Crippen LogP contribution in [0.3, 0.4) is 0 Å². The third kappa shape index (κ3) is 1.51. The molecule has 0 aliphatic rings. The van der Waals surface area contributed by atoms with E-state index in [1.54, 1.807) is 18.2 Å². The van der Waals surface area contributed by atoms with E-state index in [9.17, 15) is 9.90 Å². The molecule has 0 amide bonds. The number of para-hydroxylation sites is 1. The molecule has 90 valence electrons. The number of hydrogen-bond donors (Lipinski definition) is 3. The fourth-order valence-electron chi connectivity index (χ4n) is 1.74. The highest BCUT2D eigenvalue weighted by Crippen LogP contribution is 2.31. The third-order valence-electron chi connectivity index (χ3n) is 2.59. The number of fused-ring (bicyclic) bond motifs is 1. The molecule has 0 aliphatic carbocycles. The van der Waals surface area contributed by atoms with Gasteiger partial charge in [-0.1, -0.05) is 12.1 Å². The SMILES string of the molecule is O=C(O)c1cc(-c2cc3cccc(O)c3o2)[nH]n1. The highest BCUT2D eigenvalue weighted by Gasteiger charge is 2.14. The lowest BCUT2D eigenvalue weighted by Gasteiger charge is -1.91. The molecule has 0 atom stereocenters. The van der Waals surface area contributed by atoms with Crippen molar-refractivity contribution >= 4 is 16.9 Å². The van der Waals surface area contributed by atoms with Crippen LogP contribution < -0.4 is 0 Å². The molecule has 0 saturated heterocycles. The maximum atomic E-state index is 10.7. The van der Waals surface area contributed by atoms with E-state index in [2.05, 4.69) is 10.2 Å². The van der Waals surface area contributed by atoms with Gasteiger partial charge in [-0.15, -0.1) is 0 Å². The largest absolute Gasteiger partial charge is 0.504 e. The number of furan rings is 1. The van der Waals surface area contributed by atoms with Crippen LogP contribution in [-0.4, -0.2) is 26.4 Å². The van der Waals surface area contributed by atoms with Gasteiger partial charge in [0.2, 0.25) is 0 Å². The first kappa shape index (κ1) is 10.4. The number of carboxylic acid groups (broad SMARTS) is 1. The number of nitrogens with one attached hydrogen (secondary N) is 1. The van der Waals surface area contributed by atoms with Crippen molar-refractivity contribution in [2.24, 2.45) is 0 Å². The Morgan fingerprint density at radius 1 is 1.33 bits per heavy atom. The van der Waals surface area contributed by atoms with Crippen LogP contribution in [0.15, 0.2) is 34.7 Å². The van der Waals surface area contributed by atoms with Crippen LogP contribution in [0.2, 0.25) is 0 Å². The normalized spacial score (nSPS) is 10.9. The molecule has 3 rings (SSSR count). The zero-order chi connectivity index (χ0) is 12.7. The average molecular weight is 244 g/mol. The van der Waals surface area contributed by atoms with Gasteiger partial charge in [0.05, 0.1) is 0 Å². The number of aromatic nitrogens is 2. The lowest BCUT2D eigenvalue weighted by molar-refractivity contribution is 0.0690. The zero-order valence-electron chi connectivity index (χ0n) is 9.04. The molecule has 0 saturated carbocycles. The second-order valence-corrected chi connectivity index (χ2v) is 3.78. The summed E-state index contributed by atoms with van der Waals surface area (Å²) in [6, 6.07) is 8.08. The van der Waals surface area contributed by atoms with Crippen molar-refractivity contribution in [1.29, 1.82) is 0 Å². The number of phenolic OH excluding ortho intramolecular Hbond substituents is 1. The van der Waals surface area contributed by atoms with Crippen LogP contribution >= 0.6 is 0 Å². The first-order valence-electron chi connectivity index (χ1n) is 5.16. The number of hydrogen-bond acceptors (Lipinski definition) is 4. The number of aromatic hydroxyl groups is 1. The predicted octanol–water partition coefficient (Wildman–Crippen LogP) is 2.23. The fourth-order valence-corrected chi connectivity index (χ4v) is 1.74. The number of nitrogens with zero attached hydrogens (tertiary/aromatic N) is 1. The molecule has 6 nitrogen and oxygen atoms in total. The van der Waals surface area contributed by atoms with Crippen molar-refractivity contribution in [1.82, 2.24) is 10.2 Å². The molecule has 0 spiro atoms. The maximum absolute atomic E-state index is 10.7. The van der Waals surface area contributed by atoms with Gasteiger partial charge in [0.1, 0.15) is 5.69 Å². The van der Waals surface area contributed by atoms with Crippen LogP contribution in [0.1, 0.15) is 10.5 Å². The summed E-state index contributed by atoms with van der Waals surface area (Å²) in [5.74, 6) is -0.653. The summed E-state index contributed by atoms with van der Waals surface area (Å²) >= 11 is 0. The second kappa shape index (κ2) is 3.63. The Morgan fingerprint density at radius 3 is 2.83 bits per heavy atom. The van der Waals surface area contributed by atoms with Crippen molar-refractivity contribution in [3.05, 3.63) is 36.0 Å².